The number of amides is 1. The number of ether oxygens (including phenoxy) is 1. The number of nitrogens with one attached hydrogen (secondary N) is 2. The quantitative estimate of drug-likeness (QED) is 0.760. The second-order valence-corrected chi connectivity index (χ2v) is 4.50. The summed E-state index contributed by atoms with van der Waals surface area (Å²) in [5.41, 5.74) is -0.197. The lowest BCUT2D eigenvalue weighted by atomic mass is 9.98. The maximum absolute atomic E-state index is 12.1. The van der Waals surface area contributed by atoms with Crippen molar-refractivity contribution in [2.45, 2.75) is 19.8 Å². The predicted octanol–water partition coefficient (Wildman–Crippen LogP) is 0.118. The summed E-state index contributed by atoms with van der Waals surface area (Å²) in [5, 5.41) is 0. The molecule has 1 aliphatic rings. The van der Waals surface area contributed by atoms with Gasteiger partial charge in [0.05, 0.1) is 12.5 Å². The number of nitrogens with zero attached hydrogens (tertiary/aromatic N) is 1. The summed E-state index contributed by atoms with van der Waals surface area (Å²) >= 11 is 0. The summed E-state index contributed by atoms with van der Waals surface area (Å²) < 4.78 is 4.98. The van der Waals surface area contributed by atoms with Crippen LogP contribution in [0.3, 0.4) is 0 Å². The first-order valence-electron chi connectivity index (χ1n) is 6.35. The predicted molar refractivity (Wildman–Crippen MR) is 66.7 cm³/mol. The largest absolute Gasteiger partial charge is 0.466 e. The third-order valence-electron chi connectivity index (χ3n) is 3.15. The highest BCUT2D eigenvalue weighted by molar-refractivity contribution is 5.92. The summed E-state index contributed by atoms with van der Waals surface area (Å²) in [5.74, 6) is -0.807. The highest BCUT2D eigenvalue weighted by Crippen LogP contribution is 2.19. The molecule has 2 N–H and O–H groups in total. The van der Waals surface area contributed by atoms with Gasteiger partial charge < -0.3 is 19.6 Å². The molecule has 0 radical (unpaired) electrons. The number of aromatic amines is 2. The third-order valence-corrected chi connectivity index (χ3v) is 3.15. The average Bonchev–Trinajstić information content (AvgIpc) is 2.85. The summed E-state index contributed by atoms with van der Waals surface area (Å²) in [6, 6.07) is 0. The van der Waals surface area contributed by atoms with Gasteiger partial charge in [-0.05, 0) is 19.8 Å². The second kappa shape index (κ2) is 5.73. The van der Waals surface area contributed by atoms with Gasteiger partial charge in [0.15, 0.2) is 0 Å². The summed E-state index contributed by atoms with van der Waals surface area (Å²) in [6.07, 6.45) is 2.83. The van der Waals surface area contributed by atoms with Crippen molar-refractivity contribution in [2.75, 3.05) is 19.7 Å². The molecule has 0 unspecified atom stereocenters. The first kappa shape index (κ1) is 13.4. The van der Waals surface area contributed by atoms with Crippen molar-refractivity contribution in [2.24, 2.45) is 5.92 Å². The van der Waals surface area contributed by atoms with E-state index in [1.54, 1.807) is 11.8 Å². The molecule has 104 valence electrons. The number of rotatable bonds is 3. The number of hydrogen-bond acceptors (Lipinski definition) is 4. The van der Waals surface area contributed by atoms with Crippen LogP contribution in [0, 0.1) is 5.92 Å². The van der Waals surface area contributed by atoms with Gasteiger partial charge in [0.1, 0.15) is 5.69 Å². The van der Waals surface area contributed by atoms with E-state index in [1.165, 1.54) is 6.20 Å². The normalized spacial score (nSPS) is 19.2. The summed E-state index contributed by atoms with van der Waals surface area (Å²) in [4.78, 5) is 41.2. The Morgan fingerprint density at radius 3 is 2.95 bits per heavy atom. The average molecular weight is 267 g/mol. The van der Waals surface area contributed by atoms with Gasteiger partial charge in [-0.1, -0.05) is 0 Å². The Kier molecular flexibility index (Phi) is 4.03. The maximum atomic E-state index is 12.1. The molecule has 0 aliphatic carbocycles. The molecule has 1 aromatic rings. The standard InChI is InChI=1S/C12H17N3O4/c1-2-19-11(17)8-4-3-5-15(7-8)10(16)9-6-13-12(18)14-9/h6,8H,2-5,7H2,1H3,(H2,13,14,18)/t8-/m0/s1. The zero-order valence-electron chi connectivity index (χ0n) is 10.8. The van der Waals surface area contributed by atoms with E-state index in [-0.39, 0.29) is 23.5 Å². The van der Waals surface area contributed by atoms with Crippen LogP contribution in [0.2, 0.25) is 0 Å². The Morgan fingerprint density at radius 2 is 2.32 bits per heavy atom. The number of H-pyrrole nitrogens is 2. The van der Waals surface area contributed by atoms with Gasteiger partial charge in [0.2, 0.25) is 0 Å². The summed E-state index contributed by atoms with van der Waals surface area (Å²) in [7, 11) is 0. The minimum absolute atomic E-state index is 0.217. The van der Waals surface area contributed by atoms with Gasteiger partial charge in [-0.2, -0.15) is 0 Å². The highest BCUT2D eigenvalue weighted by atomic mass is 16.5. The van der Waals surface area contributed by atoms with Crippen LogP contribution >= 0.6 is 0 Å². The van der Waals surface area contributed by atoms with Gasteiger partial charge in [-0.15, -0.1) is 0 Å². The Morgan fingerprint density at radius 1 is 1.53 bits per heavy atom. The molecule has 1 saturated heterocycles. The first-order valence-corrected chi connectivity index (χ1v) is 6.35. The third kappa shape index (κ3) is 3.04. The lowest BCUT2D eigenvalue weighted by Gasteiger charge is -2.31. The molecule has 1 aliphatic heterocycles. The van der Waals surface area contributed by atoms with Crippen LogP contribution in [-0.2, 0) is 9.53 Å². The van der Waals surface area contributed by atoms with Crippen LogP contribution < -0.4 is 5.69 Å². The van der Waals surface area contributed by atoms with Crippen LogP contribution in [-0.4, -0.2) is 46.4 Å². The Bertz CT molecular complexity index is 519. The van der Waals surface area contributed by atoms with E-state index >= 15 is 0 Å². The van der Waals surface area contributed by atoms with Crippen LogP contribution in [0.15, 0.2) is 11.0 Å². The van der Waals surface area contributed by atoms with E-state index in [2.05, 4.69) is 9.97 Å². The number of carbonyl (C=O) groups excluding carboxylic acids is 2. The van der Waals surface area contributed by atoms with Crippen molar-refractivity contribution in [3.05, 3.63) is 22.4 Å². The fourth-order valence-electron chi connectivity index (χ4n) is 2.23. The molecule has 0 saturated carbocycles. The molecular formula is C12H17N3O4. The Balaban J connectivity index is 2.03. The minimum atomic E-state index is -0.415. The smallest absolute Gasteiger partial charge is 0.323 e. The Labute approximate surface area is 109 Å². The zero-order valence-corrected chi connectivity index (χ0v) is 10.8. The van der Waals surface area contributed by atoms with Gasteiger partial charge in [0, 0.05) is 19.3 Å². The minimum Gasteiger partial charge on any atom is -0.466 e. The number of carbonyl (C=O) groups is 2. The van der Waals surface area contributed by atoms with Gasteiger partial charge >= 0.3 is 11.7 Å². The van der Waals surface area contributed by atoms with E-state index in [9.17, 15) is 14.4 Å². The molecule has 2 heterocycles. The van der Waals surface area contributed by atoms with E-state index in [1.807, 2.05) is 0 Å². The van der Waals surface area contributed by atoms with Crippen molar-refractivity contribution in [1.29, 1.82) is 0 Å². The number of likely N-dealkylation sites (tertiary alicyclic amines) is 1. The molecule has 7 heteroatoms. The van der Waals surface area contributed by atoms with Crippen LogP contribution in [0.1, 0.15) is 30.3 Å². The molecule has 19 heavy (non-hydrogen) atoms. The van der Waals surface area contributed by atoms with E-state index < -0.39 is 5.69 Å². The number of esters is 1. The van der Waals surface area contributed by atoms with Gasteiger partial charge in [-0.25, -0.2) is 4.79 Å². The topological polar surface area (TPSA) is 95.3 Å². The lowest BCUT2D eigenvalue weighted by Crippen LogP contribution is -2.43. The molecule has 0 bridgehead atoms. The van der Waals surface area contributed by atoms with E-state index in [4.69, 9.17) is 4.74 Å². The van der Waals surface area contributed by atoms with E-state index in [0.29, 0.717) is 19.7 Å². The SMILES string of the molecule is CCOC(=O)[C@H]1CCCN(C(=O)c2c[nH]c(=O)[nH]2)C1. The molecule has 7 nitrogen and oxygen atoms in total. The van der Waals surface area contributed by atoms with Crippen LogP contribution in [0.25, 0.3) is 0 Å². The second-order valence-electron chi connectivity index (χ2n) is 4.50. The molecule has 1 amide bonds. The summed E-state index contributed by atoms with van der Waals surface area (Å²) in [6.45, 7) is 3.02. The molecule has 0 spiro atoms. The van der Waals surface area contributed by atoms with Crippen molar-refractivity contribution in [3.8, 4) is 0 Å². The zero-order chi connectivity index (χ0) is 13.8. The number of imidazole rings is 1. The molecular weight excluding hydrogens is 250 g/mol. The molecule has 1 aromatic heterocycles. The van der Waals surface area contributed by atoms with Crippen LogP contribution in [0.5, 0.6) is 0 Å². The highest BCUT2D eigenvalue weighted by Gasteiger charge is 2.30. The van der Waals surface area contributed by atoms with Gasteiger partial charge in [0.25, 0.3) is 5.91 Å². The monoisotopic (exact) mass is 267 g/mol. The fraction of sp³-hybridized carbons (Fsp3) is 0.583. The maximum Gasteiger partial charge on any atom is 0.323 e. The fourth-order valence-corrected chi connectivity index (χ4v) is 2.23. The van der Waals surface area contributed by atoms with Crippen molar-refractivity contribution in [1.82, 2.24) is 14.9 Å². The van der Waals surface area contributed by atoms with Crippen molar-refractivity contribution < 1.29 is 14.3 Å². The van der Waals surface area contributed by atoms with E-state index in [0.717, 1.165) is 12.8 Å². The number of piperidine rings is 1. The molecule has 2 rings (SSSR count). The molecule has 1 atom stereocenters. The number of hydrogen-bond donors (Lipinski definition) is 2. The number of aromatic nitrogens is 2. The van der Waals surface area contributed by atoms with Crippen LogP contribution in [0.4, 0.5) is 0 Å². The van der Waals surface area contributed by atoms with Crippen molar-refractivity contribution >= 4 is 11.9 Å². The Hall–Kier alpha value is -2.05. The lowest BCUT2D eigenvalue weighted by molar-refractivity contribution is -0.149. The van der Waals surface area contributed by atoms with Gasteiger partial charge in [-0.3, -0.25) is 9.59 Å². The molecule has 1 fully saturated rings. The first-order chi connectivity index (χ1) is 9.11. The van der Waals surface area contributed by atoms with Crippen molar-refractivity contribution in [3.63, 3.8) is 0 Å². The molecule has 0 aromatic carbocycles.